The summed E-state index contributed by atoms with van der Waals surface area (Å²) in [5.41, 5.74) is 0. The SMILES string of the molecule is CNC1CCCCC(Cc2cnc(C)s2)C1=O. The van der Waals surface area contributed by atoms with Gasteiger partial charge < -0.3 is 5.32 Å². The van der Waals surface area contributed by atoms with Crippen LogP contribution in [0.4, 0.5) is 0 Å². The first-order valence-electron chi connectivity index (χ1n) is 6.33. The van der Waals surface area contributed by atoms with E-state index in [0.717, 1.165) is 30.7 Å². The fourth-order valence-electron chi connectivity index (χ4n) is 2.54. The van der Waals surface area contributed by atoms with Crippen LogP contribution < -0.4 is 5.32 Å². The number of nitrogens with one attached hydrogen (secondary N) is 1. The molecule has 1 saturated carbocycles. The molecule has 2 unspecified atom stereocenters. The van der Waals surface area contributed by atoms with Crippen molar-refractivity contribution in [3.8, 4) is 0 Å². The molecule has 17 heavy (non-hydrogen) atoms. The summed E-state index contributed by atoms with van der Waals surface area (Å²) in [6, 6.07) is 0.0662. The Kier molecular flexibility index (Phi) is 4.29. The minimum Gasteiger partial charge on any atom is -0.311 e. The largest absolute Gasteiger partial charge is 0.311 e. The maximum absolute atomic E-state index is 12.3. The summed E-state index contributed by atoms with van der Waals surface area (Å²) in [4.78, 5) is 17.8. The van der Waals surface area contributed by atoms with Gasteiger partial charge >= 0.3 is 0 Å². The van der Waals surface area contributed by atoms with Crippen molar-refractivity contribution in [3.63, 3.8) is 0 Å². The molecule has 1 aliphatic carbocycles. The van der Waals surface area contributed by atoms with Crippen LogP contribution in [0.25, 0.3) is 0 Å². The van der Waals surface area contributed by atoms with Crippen LogP contribution in [-0.4, -0.2) is 23.9 Å². The first kappa shape index (κ1) is 12.7. The number of carbonyl (C=O) groups excluding carboxylic acids is 1. The Labute approximate surface area is 107 Å². The molecule has 1 heterocycles. The Morgan fingerprint density at radius 3 is 2.88 bits per heavy atom. The molecular formula is C13H20N2OS. The molecule has 1 N–H and O–H groups in total. The lowest BCUT2D eigenvalue weighted by atomic mass is 9.93. The highest BCUT2D eigenvalue weighted by Crippen LogP contribution is 2.25. The normalized spacial score (nSPS) is 25.9. The van der Waals surface area contributed by atoms with Crippen molar-refractivity contribution in [2.45, 2.75) is 45.1 Å². The number of aromatic nitrogens is 1. The third kappa shape index (κ3) is 3.13. The van der Waals surface area contributed by atoms with Crippen LogP contribution in [0.15, 0.2) is 6.20 Å². The van der Waals surface area contributed by atoms with Gasteiger partial charge in [-0.15, -0.1) is 11.3 Å². The second kappa shape index (κ2) is 5.74. The van der Waals surface area contributed by atoms with E-state index in [1.54, 1.807) is 11.3 Å². The summed E-state index contributed by atoms with van der Waals surface area (Å²) >= 11 is 1.72. The third-order valence-corrected chi connectivity index (χ3v) is 4.44. The van der Waals surface area contributed by atoms with Gasteiger partial charge in [-0.2, -0.15) is 0 Å². The molecule has 2 rings (SSSR count). The lowest BCUT2D eigenvalue weighted by molar-refractivity contribution is -0.124. The van der Waals surface area contributed by atoms with Crippen LogP contribution in [0, 0.1) is 12.8 Å². The van der Waals surface area contributed by atoms with Gasteiger partial charge in [0.25, 0.3) is 0 Å². The van der Waals surface area contributed by atoms with Gasteiger partial charge in [-0.3, -0.25) is 4.79 Å². The van der Waals surface area contributed by atoms with Crippen LogP contribution in [0.2, 0.25) is 0 Å². The first-order valence-corrected chi connectivity index (χ1v) is 7.14. The summed E-state index contributed by atoms with van der Waals surface area (Å²) in [5, 5.41) is 4.24. The highest BCUT2D eigenvalue weighted by atomic mass is 32.1. The number of Topliss-reactive ketones (excluding diaryl/α,β-unsaturated/α-hetero) is 1. The van der Waals surface area contributed by atoms with Crippen molar-refractivity contribution in [1.82, 2.24) is 10.3 Å². The maximum atomic E-state index is 12.3. The van der Waals surface area contributed by atoms with E-state index in [4.69, 9.17) is 0 Å². The predicted octanol–water partition coefficient (Wildman–Crippen LogP) is 2.34. The minimum absolute atomic E-state index is 0.0662. The monoisotopic (exact) mass is 252 g/mol. The van der Waals surface area contributed by atoms with Gasteiger partial charge in [-0.25, -0.2) is 4.98 Å². The number of hydrogen-bond donors (Lipinski definition) is 1. The van der Waals surface area contributed by atoms with Gasteiger partial charge in [-0.1, -0.05) is 12.8 Å². The second-order valence-electron chi connectivity index (χ2n) is 4.77. The Hall–Kier alpha value is -0.740. The van der Waals surface area contributed by atoms with E-state index in [1.165, 1.54) is 11.3 Å². The van der Waals surface area contributed by atoms with Gasteiger partial charge in [0, 0.05) is 17.0 Å². The highest BCUT2D eigenvalue weighted by Gasteiger charge is 2.28. The van der Waals surface area contributed by atoms with E-state index >= 15 is 0 Å². The van der Waals surface area contributed by atoms with E-state index in [0.29, 0.717) is 5.78 Å². The van der Waals surface area contributed by atoms with Crippen LogP contribution in [0.1, 0.15) is 35.6 Å². The lowest BCUT2D eigenvalue weighted by Gasteiger charge is -2.17. The molecule has 1 aromatic heterocycles. The molecule has 1 aliphatic rings. The Morgan fingerprint density at radius 2 is 2.24 bits per heavy atom. The molecule has 0 amide bonds. The van der Waals surface area contributed by atoms with Crippen LogP contribution in [-0.2, 0) is 11.2 Å². The predicted molar refractivity (Wildman–Crippen MR) is 70.4 cm³/mol. The molecule has 0 saturated heterocycles. The molecular weight excluding hydrogens is 232 g/mol. The molecule has 0 spiro atoms. The quantitative estimate of drug-likeness (QED) is 0.840. The summed E-state index contributed by atoms with van der Waals surface area (Å²) in [7, 11) is 1.89. The van der Waals surface area contributed by atoms with Crippen molar-refractivity contribution >= 4 is 17.1 Å². The number of hydrogen-bond acceptors (Lipinski definition) is 4. The molecule has 4 heteroatoms. The number of nitrogens with zero attached hydrogens (tertiary/aromatic N) is 1. The average molecular weight is 252 g/mol. The Morgan fingerprint density at radius 1 is 1.47 bits per heavy atom. The third-order valence-electron chi connectivity index (χ3n) is 3.51. The summed E-state index contributed by atoms with van der Waals surface area (Å²) < 4.78 is 0. The van der Waals surface area contributed by atoms with Crippen molar-refractivity contribution in [2.24, 2.45) is 5.92 Å². The Balaban J connectivity index is 2.05. The van der Waals surface area contributed by atoms with Crippen LogP contribution in [0.3, 0.4) is 0 Å². The second-order valence-corrected chi connectivity index (χ2v) is 6.09. The maximum Gasteiger partial charge on any atom is 0.153 e. The number of aryl methyl sites for hydroxylation is 1. The molecule has 0 radical (unpaired) electrons. The Bertz CT molecular complexity index is 389. The molecule has 94 valence electrons. The highest BCUT2D eigenvalue weighted by molar-refractivity contribution is 7.11. The van der Waals surface area contributed by atoms with Crippen molar-refractivity contribution in [2.75, 3.05) is 7.05 Å². The molecule has 3 nitrogen and oxygen atoms in total. The van der Waals surface area contributed by atoms with E-state index in [1.807, 2.05) is 20.2 Å². The van der Waals surface area contributed by atoms with E-state index in [-0.39, 0.29) is 12.0 Å². The number of carbonyl (C=O) groups is 1. The zero-order valence-electron chi connectivity index (χ0n) is 10.5. The average Bonchev–Trinajstić information content (AvgIpc) is 2.64. The zero-order chi connectivity index (χ0) is 12.3. The topological polar surface area (TPSA) is 42.0 Å². The van der Waals surface area contributed by atoms with Gasteiger partial charge in [0.1, 0.15) is 0 Å². The lowest BCUT2D eigenvalue weighted by Crippen LogP contribution is -2.37. The van der Waals surface area contributed by atoms with E-state index in [9.17, 15) is 4.79 Å². The fraction of sp³-hybridized carbons (Fsp3) is 0.692. The van der Waals surface area contributed by atoms with Crippen molar-refractivity contribution < 1.29 is 4.79 Å². The van der Waals surface area contributed by atoms with Gasteiger partial charge in [0.05, 0.1) is 11.0 Å². The van der Waals surface area contributed by atoms with E-state index < -0.39 is 0 Å². The standard InChI is InChI=1S/C13H20N2OS/c1-9-15-8-11(17-9)7-10-5-3-4-6-12(14-2)13(10)16/h8,10,12,14H,3-7H2,1-2H3. The fourth-order valence-corrected chi connectivity index (χ4v) is 3.41. The molecule has 0 bridgehead atoms. The first-order chi connectivity index (χ1) is 8.20. The number of rotatable bonds is 3. The van der Waals surface area contributed by atoms with Crippen molar-refractivity contribution in [3.05, 3.63) is 16.1 Å². The summed E-state index contributed by atoms with van der Waals surface area (Å²) in [6.45, 7) is 2.01. The number of likely N-dealkylation sites (N-methyl/N-ethyl adjacent to an activating group) is 1. The van der Waals surface area contributed by atoms with Gasteiger partial charge in [0.2, 0.25) is 0 Å². The van der Waals surface area contributed by atoms with Gasteiger partial charge in [0.15, 0.2) is 5.78 Å². The molecule has 1 aromatic rings. The summed E-state index contributed by atoms with van der Waals surface area (Å²) in [6.07, 6.45) is 7.17. The minimum atomic E-state index is 0.0662. The molecule has 0 aliphatic heterocycles. The molecule has 1 fully saturated rings. The molecule has 2 atom stereocenters. The molecule has 0 aromatic carbocycles. The smallest absolute Gasteiger partial charge is 0.153 e. The van der Waals surface area contributed by atoms with Crippen LogP contribution >= 0.6 is 11.3 Å². The zero-order valence-corrected chi connectivity index (χ0v) is 11.3. The van der Waals surface area contributed by atoms with Gasteiger partial charge in [-0.05, 0) is 33.2 Å². The van der Waals surface area contributed by atoms with Crippen molar-refractivity contribution in [1.29, 1.82) is 0 Å². The van der Waals surface area contributed by atoms with E-state index in [2.05, 4.69) is 10.3 Å². The summed E-state index contributed by atoms with van der Waals surface area (Å²) in [5.74, 6) is 0.589. The number of thiazole rings is 1. The number of ketones is 1. The van der Waals surface area contributed by atoms with Crippen LogP contribution in [0.5, 0.6) is 0 Å².